The van der Waals surface area contributed by atoms with Crippen LogP contribution < -0.4 is 0 Å². The molecule has 0 fully saturated rings. The van der Waals surface area contributed by atoms with E-state index >= 15 is 0 Å². The van der Waals surface area contributed by atoms with Crippen molar-refractivity contribution in [2.24, 2.45) is 0 Å². The normalized spacial score (nSPS) is 13.0. The molecule has 0 amide bonds. The van der Waals surface area contributed by atoms with E-state index in [4.69, 9.17) is 9.84 Å². The Kier molecular flexibility index (Phi) is 11.9. The lowest BCUT2D eigenvalue weighted by atomic mass is 10.1. The molecule has 0 saturated heterocycles. The molecule has 0 heterocycles. The van der Waals surface area contributed by atoms with Crippen LogP contribution in [-0.4, -0.2) is 24.4 Å². The zero-order chi connectivity index (χ0) is 11.4. The van der Waals surface area contributed by atoms with E-state index in [2.05, 4.69) is 6.92 Å². The minimum atomic E-state index is -0.320. The van der Waals surface area contributed by atoms with E-state index in [-0.39, 0.29) is 6.10 Å². The van der Waals surface area contributed by atoms with Gasteiger partial charge in [-0.1, -0.05) is 51.9 Å². The van der Waals surface area contributed by atoms with Gasteiger partial charge in [0.2, 0.25) is 0 Å². The van der Waals surface area contributed by atoms with Gasteiger partial charge in [0, 0.05) is 6.61 Å². The maximum Gasteiger partial charge on any atom is 0.0745 e. The topological polar surface area (TPSA) is 29.5 Å². The molecule has 0 rings (SSSR count). The van der Waals surface area contributed by atoms with Crippen molar-refractivity contribution >= 4 is 0 Å². The average molecular weight is 216 g/mol. The minimum Gasteiger partial charge on any atom is -0.391 e. The van der Waals surface area contributed by atoms with Gasteiger partial charge in [0.15, 0.2) is 0 Å². The van der Waals surface area contributed by atoms with Crippen molar-refractivity contribution in [2.45, 2.75) is 71.3 Å². The molecule has 0 spiro atoms. The molecule has 1 N–H and O–H groups in total. The second kappa shape index (κ2) is 12.0. The van der Waals surface area contributed by atoms with E-state index in [0.717, 1.165) is 13.0 Å². The second-order valence-electron chi connectivity index (χ2n) is 4.40. The molecule has 0 aromatic carbocycles. The van der Waals surface area contributed by atoms with Crippen molar-refractivity contribution in [3.8, 4) is 0 Å². The zero-order valence-electron chi connectivity index (χ0n) is 10.5. The van der Waals surface area contributed by atoms with Gasteiger partial charge < -0.3 is 9.84 Å². The first kappa shape index (κ1) is 14.9. The summed E-state index contributed by atoms with van der Waals surface area (Å²) in [5, 5.41) is 8.95. The molecule has 2 heteroatoms. The van der Waals surface area contributed by atoms with Gasteiger partial charge in [-0.3, -0.25) is 0 Å². The summed E-state index contributed by atoms with van der Waals surface area (Å²) >= 11 is 0. The van der Waals surface area contributed by atoms with E-state index in [1.165, 1.54) is 44.9 Å². The summed E-state index contributed by atoms with van der Waals surface area (Å²) in [6.07, 6.45) is 10.3. The van der Waals surface area contributed by atoms with Crippen LogP contribution in [0.3, 0.4) is 0 Å². The minimum absolute atomic E-state index is 0.320. The number of rotatable bonds is 11. The predicted octanol–water partition coefficient (Wildman–Crippen LogP) is 3.52. The highest BCUT2D eigenvalue weighted by molar-refractivity contribution is 4.46. The predicted molar refractivity (Wildman–Crippen MR) is 65.1 cm³/mol. The third kappa shape index (κ3) is 13.9. The molecule has 0 radical (unpaired) electrons. The van der Waals surface area contributed by atoms with Crippen LogP contribution >= 0.6 is 0 Å². The van der Waals surface area contributed by atoms with Crippen LogP contribution in [0.2, 0.25) is 0 Å². The number of aliphatic hydroxyl groups is 1. The fourth-order valence-electron chi connectivity index (χ4n) is 1.59. The maximum absolute atomic E-state index is 8.95. The van der Waals surface area contributed by atoms with Crippen molar-refractivity contribution in [1.29, 1.82) is 0 Å². The molecule has 0 aromatic heterocycles. The number of unbranched alkanes of at least 4 members (excludes halogenated alkanes) is 7. The Morgan fingerprint density at radius 3 is 2.00 bits per heavy atom. The number of hydrogen-bond acceptors (Lipinski definition) is 2. The van der Waals surface area contributed by atoms with E-state index in [1.807, 2.05) is 0 Å². The maximum atomic E-state index is 8.95. The summed E-state index contributed by atoms with van der Waals surface area (Å²) in [6.45, 7) is 5.30. The van der Waals surface area contributed by atoms with Crippen molar-refractivity contribution in [2.75, 3.05) is 13.2 Å². The molecule has 2 nitrogen and oxygen atoms in total. The Balaban J connectivity index is 2.87. The highest BCUT2D eigenvalue weighted by Crippen LogP contribution is 2.08. The van der Waals surface area contributed by atoms with Crippen LogP contribution in [0.25, 0.3) is 0 Å². The Morgan fingerprint density at radius 2 is 1.47 bits per heavy atom. The standard InChI is InChI=1S/C13H28O2/c1-3-4-5-6-7-8-9-10-11-15-12-13(2)14/h13-14H,3-12H2,1-2H3. The summed E-state index contributed by atoms with van der Waals surface area (Å²) < 4.78 is 5.29. The van der Waals surface area contributed by atoms with Gasteiger partial charge in [0.1, 0.15) is 0 Å². The third-order valence-electron chi connectivity index (χ3n) is 2.50. The van der Waals surface area contributed by atoms with Crippen molar-refractivity contribution in [1.82, 2.24) is 0 Å². The summed E-state index contributed by atoms with van der Waals surface area (Å²) in [5.41, 5.74) is 0. The second-order valence-corrected chi connectivity index (χ2v) is 4.40. The molecule has 1 atom stereocenters. The highest BCUT2D eigenvalue weighted by Gasteiger charge is 1.95. The van der Waals surface area contributed by atoms with E-state index in [9.17, 15) is 0 Å². The Labute approximate surface area is 95.0 Å². The van der Waals surface area contributed by atoms with E-state index < -0.39 is 0 Å². The first-order valence-corrected chi connectivity index (χ1v) is 6.53. The van der Waals surface area contributed by atoms with Gasteiger partial charge in [-0.2, -0.15) is 0 Å². The summed E-state index contributed by atoms with van der Waals surface area (Å²) in [4.78, 5) is 0. The van der Waals surface area contributed by atoms with Crippen LogP contribution in [0, 0.1) is 0 Å². The summed E-state index contributed by atoms with van der Waals surface area (Å²) in [7, 11) is 0. The molecule has 0 aliphatic carbocycles. The molecule has 0 saturated carbocycles. The SMILES string of the molecule is CCCCCCCCCCOCC(C)O. The van der Waals surface area contributed by atoms with E-state index in [1.54, 1.807) is 6.92 Å². The van der Waals surface area contributed by atoms with Crippen LogP contribution in [0.4, 0.5) is 0 Å². The molecule has 15 heavy (non-hydrogen) atoms. The zero-order valence-corrected chi connectivity index (χ0v) is 10.5. The van der Waals surface area contributed by atoms with Gasteiger partial charge in [-0.15, -0.1) is 0 Å². The summed E-state index contributed by atoms with van der Waals surface area (Å²) in [5.74, 6) is 0. The van der Waals surface area contributed by atoms with E-state index in [0.29, 0.717) is 6.61 Å². The lowest BCUT2D eigenvalue weighted by Crippen LogP contribution is -2.10. The molecule has 1 unspecified atom stereocenters. The van der Waals surface area contributed by atoms with Gasteiger partial charge in [0.05, 0.1) is 12.7 Å². The molecule has 0 bridgehead atoms. The molecular formula is C13H28O2. The highest BCUT2D eigenvalue weighted by atomic mass is 16.5. The fourth-order valence-corrected chi connectivity index (χ4v) is 1.59. The summed E-state index contributed by atoms with van der Waals surface area (Å²) in [6, 6.07) is 0. The lowest BCUT2D eigenvalue weighted by molar-refractivity contribution is 0.0445. The molecule has 0 aliphatic rings. The monoisotopic (exact) mass is 216 g/mol. The Hall–Kier alpha value is -0.0800. The number of hydrogen-bond donors (Lipinski definition) is 1. The van der Waals surface area contributed by atoms with Gasteiger partial charge in [-0.05, 0) is 13.3 Å². The molecule has 0 aliphatic heterocycles. The first-order valence-electron chi connectivity index (χ1n) is 6.53. The van der Waals surface area contributed by atoms with Crippen molar-refractivity contribution in [3.63, 3.8) is 0 Å². The van der Waals surface area contributed by atoms with Crippen molar-refractivity contribution < 1.29 is 9.84 Å². The van der Waals surface area contributed by atoms with Crippen LogP contribution in [0.15, 0.2) is 0 Å². The molecular weight excluding hydrogens is 188 g/mol. The fraction of sp³-hybridized carbons (Fsp3) is 1.00. The number of aliphatic hydroxyl groups excluding tert-OH is 1. The largest absolute Gasteiger partial charge is 0.391 e. The Bertz CT molecular complexity index is 113. The lowest BCUT2D eigenvalue weighted by Gasteiger charge is -2.05. The van der Waals surface area contributed by atoms with Crippen LogP contribution in [0.1, 0.15) is 65.2 Å². The van der Waals surface area contributed by atoms with Crippen LogP contribution in [0.5, 0.6) is 0 Å². The average Bonchev–Trinajstić information content (AvgIpc) is 2.20. The third-order valence-corrected chi connectivity index (χ3v) is 2.50. The quantitative estimate of drug-likeness (QED) is 0.535. The molecule has 0 aromatic rings. The van der Waals surface area contributed by atoms with Gasteiger partial charge >= 0.3 is 0 Å². The molecule has 92 valence electrons. The smallest absolute Gasteiger partial charge is 0.0745 e. The van der Waals surface area contributed by atoms with Gasteiger partial charge in [0.25, 0.3) is 0 Å². The van der Waals surface area contributed by atoms with Gasteiger partial charge in [-0.25, -0.2) is 0 Å². The Morgan fingerprint density at radius 1 is 0.933 bits per heavy atom. The first-order chi connectivity index (χ1) is 7.27. The number of ether oxygens (including phenoxy) is 1. The van der Waals surface area contributed by atoms with Crippen molar-refractivity contribution in [3.05, 3.63) is 0 Å². The van der Waals surface area contributed by atoms with Crippen LogP contribution in [-0.2, 0) is 4.74 Å².